The molecule has 0 bridgehead atoms. The van der Waals surface area contributed by atoms with Crippen LogP contribution in [0, 0.1) is 11.3 Å². The third-order valence-electron chi connectivity index (χ3n) is 3.98. The highest BCUT2D eigenvalue weighted by Crippen LogP contribution is 2.04. The van der Waals surface area contributed by atoms with Crippen molar-refractivity contribution < 1.29 is 9.59 Å². The van der Waals surface area contributed by atoms with Crippen LogP contribution in [0.1, 0.15) is 17.5 Å². The van der Waals surface area contributed by atoms with Crippen LogP contribution in [0.2, 0.25) is 0 Å². The Hall–Kier alpha value is -3.33. The number of hydrogen-bond donors (Lipinski definition) is 3. The average molecular weight is 364 g/mol. The van der Waals surface area contributed by atoms with Gasteiger partial charge in [0.15, 0.2) is 0 Å². The predicted octanol–water partition coefficient (Wildman–Crippen LogP) is 2.17. The number of nitrogens with zero attached hydrogens (tertiary/aromatic N) is 1. The summed E-state index contributed by atoms with van der Waals surface area (Å²) in [6, 6.07) is 20.2. The number of urea groups is 1. The molecule has 0 aliphatic carbocycles. The second-order valence-electron chi connectivity index (χ2n) is 6.08. The second kappa shape index (κ2) is 11.3. The van der Waals surface area contributed by atoms with Crippen LogP contribution >= 0.6 is 0 Å². The van der Waals surface area contributed by atoms with Gasteiger partial charge in [0.1, 0.15) is 6.04 Å². The van der Waals surface area contributed by atoms with Gasteiger partial charge in [-0.25, -0.2) is 4.79 Å². The van der Waals surface area contributed by atoms with E-state index in [0.717, 1.165) is 11.1 Å². The highest BCUT2D eigenvalue weighted by Gasteiger charge is 2.20. The zero-order valence-electron chi connectivity index (χ0n) is 15.2. The molecule has 0 radical (unpaired) electrons. The van der Waals surface area contributed by atoms with Crippen LogP contribution in [0.4, 0.5) is 4.79 Å². The number of benzene rings is 2. The lowest BCUT2D eigenvalue weighted by atomic mass is 10.1. The van der Waals surface area contributed by atoms with Crippen LogP contribution in [0.15, 0.2) is 60.7 Å². The van der Waals surface area contributed by atoms with E-state index in [1.54, 1.807) is 0 Å². The molecule has 1 unspecified atom stereocenters. The van der Waals surface area contributed by atoms with E-state index in [2.05, 4.69) is 16.0 Å². The molecule has 2 aromatic carbocycles. The highest BCUT2D eigenvalue weighted by molar-refractivity contribution is 5.87. The Labute approximate surface area is 159 Å². The van der Waals surface area contributed by atoms with E-state index in [-0.39, 0.29) is 24.9 Å². The van der Waals surface area contributed by atoms with Crippen molar-refractivity contribution in [3.05, 3.63) is 71.8 Å². The number of nitrogens with one attached hydrogen (secondary N) is 3. The minimum Gasteiger partial charge on any atom is -0.353 e. The largest absolute Gasteiger partial charge is 0.353 e. The first-order chi connectivity index (χ1) is 13.2. The monoisotopic (exact) mass is 364 g/mol. The van der Waals surface area contributed by atoms with Gasteiger partial charge in [-0.05, 0) is 17.5 Å². The fraction of sp³-hybridized carbons (Fsp3) is 0.286. The molecule has 6 nitrogen and oxygen atoms in total. The minimum atomic E-state index is -0.706. The van der Waals surface area contributed by atoms with E-state index in [0.29, 0.717) is 19.4 Å². The molecule has 2 rings (SSSR count). The molecular weight excluding hydrogens is 340 g/mol. The molecule has 0 aromatic heterocycles. The molecule has 0 saturated carbocycles. The highest BCUT2D eigenvalue weighted by atomic mass is 16.2. The number of nitriles is 1. The summed E-state index contributed by atoms with van der Waals surface area (Å²) in [6.07, 6.45) is 1.32. The van der Waals surface area contributed by atoms with Crippen molar-refractivity contribution in [1.29, 1.82) is 5.26 Å². The molecule has 1 atom stereocenters. The average Bonchev–Trinajstić information content (AvgIpc) is 2.69. The van der Waals surface area contributed by atoms with Gasteiger partial charge in [-0.1, -0.05) is 60.7 Å². The van der Waals surface area contributed by atoms with E-state index < -0.39 is 6.04 Å². The van der Waals surface area contributed by atoms with E-state index in [9.17, 15) is 9.59 Å². The molecule has 0 spiro atoms. The quantitative estimate of drug-likeness (QED) is 0.595. The van der Waals surface area contributed by atoms with Crippen molar-refractivity contribution in [2.75, 3.05) is 13.1 Å². The van der Waals surface area contributed by atoms with Crippen molar-refractivity contribution >= 4 is 11.9 Å². The lowest BCUT2D eigenvalue weighted by molar-refractivity contribution is -0.122. The van der Waals surface area contributed by atoms with Crippen LogP contribution in [0.25, 0.3) is 0 Å². The fourth-order valence-corrected chi connectivity index (χ4v) is 2.60. The Morgan fingerprint density at radius 1 is 0.889 bits per heavy atom. The summed E-state index contributed by atoms with van der Waals surface area (Å²) >= 11 is 0. The summed E-state index contributed by atoms with van der Waals surface area (Å²) < 4.78 is 0. The number of amides is 3. The molecule has 2 aromatic rings. The molecule has 3 N–H and O–H groups in total. The second-order valence-corrected chi connectivity index (χ2v) is 6.08. The Morgan fingerprint density at radius 2 is 1.52 bits per heavy atom. The summed E-state index contributed by atoms with van der Waals surface area (Å²) in [5, 5.41) is 16.8. The lowest BCUT2D eigenvalue weighted by Gasteiger charge is -2.19. The van der Waals surface area contributed by atoms with Gasteiger partial charge in [0.2, 0.25) is 5.91 Å². The van der Waals surface area contributed by atoms with Crippen LogP contribution in [-0.2, 0) is 17.6 Å². The van der Waals surface area contributed by atoms with Gasteiger partial charge in [-0.2, -0.15) is 5.26 Å². The first-order valence-corrected chi connectivity index (χ1v) is 8.96. The van der Waals surface area contributed by atoms with Gasteiger partial charge in [0, 0.05) is 19.5 Å². The lowest BCUT2D eigenvalue weighted by Crippen LogP contribution is -2.51. The third kappa shape index (κ3) is 7.61. The van der Waals surface area contributed by atoms with E-state index >= 15 is 0 Å². The molecule has 0 saturated heterocycles. The fourth-order valence-electron chi connectivity index (χ4n) is 2.60. The van der Waals surface area contributed by atoms with Gasteiger partial charge < -0.3 is 16.0 Å². The van der Waals surface area contributed by atoms with E-state index in [4.69, 9.17) is 5.26 Å². The first kappa shape index (κ1) is 20.0. The van der Waals surface area contributed by atoms with Gasteiger partial charge in [-0.3, -0.25) is 4.79 Å². The maximum atomic E-state index is 12.4. The van der Waals surface area contributed by atoms with Crippen LogP contribution in [-0.4, -0.2) is 31.1 Å². The van der Waals surface area contributed by atoms with Crippen LogP contribution in [0.5, 0.6) is 0 Å². The van der Waals surface area contributed by atoms with Crippen molar-refractivity contribution in [2.45, 2.75) is 25.3 Å². The molecule has 3 amide bonds. The molecule has 27 heavy (non-hydrogen) atoms. The van der Waals surface area contributed by atoms with Crippen LogP contribution in [0.3, 0.4) is 0 Å². The molecule has 0 fully saturated rings. The zero-order chi connectivity index (χ0) is 19.3. The standard InChI is InChI=1S/C21H24N4O2/c22-13-7-14-23-20(26)19(16-18-10-5-2-6-11-18)25-21(27)24-15-12-17-8-3-1-4-9-17/h1-6,8-11,19H,7,12,14-16H2,(H,23,26)(H2,24,25,27). The van der Waals surface area contributed by atoms with Gasteiger partial charge in [0.25, 0.3) is 0 Å². The van der Waals surface area contributed by atoms with E-state index in [1.165, 1.54) is 0 Å². The number of carbonyl (C=O) groups excluding carboxylic acids is 2. The summed E-state index contributed by atoms with van der Waals surface area (Å²) in [5.74, 6) is -0.299. The smallest absolute Gasteiger partial charge is 0.315 e. The van der Waals surface area contributed by atoms with E-state index in [1.807, 2.05) is 66.7 Å². The molecular formula is C21H24N4O2. The first-order valence-electron chi connectivity index (χ1n) is 8.96. The van der Waals surface area contributed by atoms with Gasteiger partial charge >= 0.3 is 6.03 Å². The Morgan fingerprint density at radius 3 is 2.15 bits per heavy atom. The number of carbonyl (C=O) groups is 2. The summed E-state index contributed by atoms with van der Waals surface area (Å²) in [7, 11) is 0. The predicted molar refractivity (Wildman–Crippen MR) is 104 cm³/mol. The maximum Gasteiger partial charge on any atom is 0.315 e. The third-order valence-corrected chi connectivity index (χ3v) is 3.98. The van der Waals surface area contributed by atoms with Gasteiger partial charge in [0.05, 0.1) is 12.5 Å². The van der Waals surface area contributed by atoms with Crippen molar-refractivity contribution in [3.8, 4) is 6.07 Å². The SMILES string of the molecule is N#CCCNC(=O)C(Cc1ccccc1)NC(=O)NCCc1ccccc1. The summed E-state index contributed by atoms with van der Waals surface area (Å²) in [4.78, 5) is 24.6. The topological polar surface area (TPSA) is 94.0 Å². The van der Waals surface area contributed by atoms with Gasteiger partial charge in [-0.15, -0.1) is 0 Å². The molecule has 6 heteroatoms. The summed E-state index contributed by atoms with van der Waals surface area (Å²) in [6.45, 7) is 0.738. The zero-order valence-corrected chi connectivity index (χ0v) is 15.2. The van der Waals surface area contributed by atoms with Crippen molar-refractivity contribution in [1.82, 2.24) is 16.0 Å². The summed E-state index contributed by atoms with van der Waals surface area (Å²) in [5.41, 5.74) is 2.08. The molecule has 0 aliphatic rings. The Balaban J connectivity index is 1.88. The minimum absolute atomic E-state index is 0.229. The van der Waals surface area contributed by atoms with Crippen LogP contribution < -0.4 is 16.0 Å². The van der Waals surface area contributed by atoms with Crippen molar-refractivity contribution in [3.63, 3.8) is 0 Å². The molecule has 0 heterocycles. The normalized spacial score (nSPS) is 11.1. The number of hydrogen-bond acceptors (Lipinski definition) is 3. The molecule has 140 valence electrons. The Kier molecular flexibility index (Phi) is 8.38. The Bertz CT molecular complexity index is 757. The molecule has 0 aliphatic heterocycles. The number of rotatable bonds is 9. The van der Waals surface area contributed by atoms with Crippen molar-refractivity contribution in [2.24, 2.45) is 0 Å². The maximum absolute atomic E-state index is 12.4.